The van der Waals surface area contributed by atoms with Crippen LogP contribution in [0.2, 0.25) is 5.02 Å². The van der Waals surface area contributed by atoms with Crippen LogP contribution in [0, 0.1) is 11.3 Å². The number of carbonyl (C=O) groups is 1. The molecule has 8 heteroatoms. The van der Waals surface area contributed by atoms with Crippen LogP contribution in [0.4, 0.5) is 16.3 Å². The monoisotopic (exact) mass is 409 g/mol. The van der Waals surface area contributed by atoms with Gasteiger partial charge in [0.15, 0.2) is 0 Å². The Bertz CT molecular complexity index is 1060. The Balaban J connectivity index is 1.57. The van der Waals surface area contributed by atoms with Crippen LogP contribution in [0.1, 0.15) is 12.5 Å². The van der Waals surface area contributed by atoms with Gasteiger partial charge in [-0.15, -0.1) is 0 Å². The smallest absolute Gasteiger partial charge is 0.319 e. The summed E-state index contributed by atoms with van der Waals surface area (Å²) in [6.45, 7) is 3.24. The summed E-state index contributed by atoms with van der Waals surface area (Å²) in [4.78, 5) is 16.5. The number of nitriles is 1. The number of hydrogen-bond acceptors (Lipinski definition) is 5. The van der Waals surface area contributed by atoms with Gasteiger partial charge in [-0.1, -0.05) is 17.7 Å². The van der Waals surface area contributed by atoms with E-state index < -0.39 is 0 Å². The van der Waals surface area contributed by atoms with Crippen LogP contribution in [-0.4, -0.2) is 30.7 Å². The van der Waals surface area contributed by atoms with E-state index in [2.05, 4.69) is 27.0 Å². The lowest BCUT2D eigenvalue weighted by Crippen LogP contribution is -2.32. The van der Waals surface area contributed by atoms with Gasteiger partial charge in [0, 0.05) is 29.2 Å². The van der Waals surface area contributed by atoms with Crippen molar-refractivity contribution in [3.05, 3.63) is 59.1 Å². The highest BCUT2D eigenvalue weighted by Gasteiger charge is 2.08. The van der Waals surface area contributed by atoms with E-state index in [-0.39, 0.29) is 6.03 Å². The average molecular weight is 410 g/mol. The van der Waals surface area contributed by atoms with E-state index in [9.17, 15) is 10.1 Å². The number of nitrogens with one attached hydrogen (secondary N) is 3. The quantitative estimate of drug-likeness (QED) is 0.502. The van der Waals surface area contributed by atoms with Crippen molar-refractivity contribution in [2.45, 2.75) is 6.92 Å². The molecular weight excluding hydrogens is 390 g/mol. The molecule has 2 amide bonds. The van der Waals surface area contributed by atoms with Crippen molar-refractivity contribution in [3.63, 3.8) is 0 Å². The number of anilines is 2. The molecule has 1 aromatic heterocycles. The van der Waals surface area contributed by atoms with Gasteiger partial charge in [-0.25, -0.2) is 9.78 Å². The molecular formula is C21H20ClN5O2. The summed E-state index contributed by atoms with van der Waals surface area (Å²) in [6.07, 6.45) is 0. The molecule has 0 saturated heterocycles. The predicted octanol–water partition coefficient (Wildman–Crippen LogP) is 4.39. The van der Waals surface area contributed by atoms with E-state index in [4.69, 9.17) is 16.3 Å². The molecule has 148 valence electrons. The maximum Gasteiger partial charge on any atom is 0.319 e. The summed E-state index contributed by atoms with van der Waals surface area (Å²) in [5.74, 6) is 1.21. The van der Waals surface area contributed by atoms with Crippen molar-refractivity contribution in [2.75, 3.05) is 30.3 Å². The third-order valence-corrected chi connectivity index (χ3v) is 4.24. The number of fused-ring (bicyclic) bond motifs is 1. The van der Waals surface area contributed by atoms with Gasteiger partial charge in [-0.05, 0) is 49.4 Å². The highest BCUT2D eigenvalue weighted by Crippen LogP contribution is 2.24. The van der Waals surface area contributed by atoms with Crippen molar-refractivity contribution in [2.24, 2.45) is 0 Å². The second-order valence-corrected chi connectivity index (χ2v) is 6.54. The largest absolute Gasteiger partial charge is 0.494 e. The molecule has 1 heterocycles. The van der Waals surface area contributed by atoms with Crippen LogP contribution in [0.5, 0.6) is 5.75 Å². The molecule has 0 aliphatic carbocycles. The fourth-order valence-corrected chi connectivity index (χ4v) is 2.92. The molecule has 0 atom stereocenters. The number of pyridine rings is 1. The molecule has 0 spiro atoms. The molecule has 3 aromatic rings. The zero-order chi connectivity index (χ0) is 20.6. The Morgan fingerprint density at radius 2 is 2.07 bits per heavy atom. The number of urea groups is 1. The first-order valence-electron chi connectivity index (χ1n) is 9.11. The minimum absolute atomic E-state index is 0.343. The van der Waals surface area contributed by atoms with Crippen LogP contribution in [0.15, 0.2) is 48.5 Å². The number of benzene rings is 2. The van der Waals surface area contributed by atoms with E-state index in [1.54, 1.807) is 30.3 Å². The van der Waals surface area contributed by atoms with Crippen molar-refractivity contribution < 1.29 is 9.53 Å². The van der Waals surface area contributed by atoms with Gasteiger partial charge in [-0.2, -0.15) is 5.26 Å². The summed E-state index contributed by atoms with van der Waals surface area (Å²) in [5.41, 5.74) is 1.79. The number of nitrogens with zero attached hydrogens (tertiary/aromatic N) is 2. The highest BCUT2D eigenvalue weighted by atomic mass is 35.5. The van der Waals surface area contributed by atoms with Gasteiger partial charge in [0.2, 0.25) is 0 Å². The summed E-state index contributed by atoms with van der Waals surface area (Å²) < 4.78 is 5.49. The summed E-state index contributed by atoms with van der Waals surface area (Å²) in [5, 5.41) is 19.3. The maximum atomic E-state index is 11.9. The second kappa shape index (κ2) is 9.62. The second-order valence-electron chi connectivity index (χ2n) is 6.10. The van der Waals surface area contributed by atoms with Crippen molar-refractivity contribution in [1.29, 1.82) is 5.26 Å². The molecule has 7 nitrogen and oxygen atoms in total. The van der Waals surface area contributed by atoms with Gasteiger partial charge >= 0.3 is 6.03 Å². The number of ether oxygens (including phenoxy) is 1. The molecule has 0 unspecified atom stereocenters. The van der Waals surface area contributed by atoms with Gasteiger partial charge in [0.25, 0.3) is 0 Å². The minimum Gasteiger partial charge on any atom is -0.494 e. The summed E-state index contributed by atoms with van der Waals surface area (Å²) in [7, 11) is 0. The number of hydrogen-bond donors (Lipinski definition) is 3. The molecule has 0 radical (unpaired) electrons. The number of amides is 2. The number of rotatable bonds is 7. The molecule has 0 fully saturated rings. The predicted molar refractivity (Wildman–Crippen MR) is 115 cm³/mol. The lowest BCUT2D eigenvalue weighted by molar-refractivity contribution is 0.252. The number of halogens is 1. The first kappa shape index (κ1) is 20.2. The number of carbonyl (C=O) groups excluding carboxylic acids is 1. The summed E-state index contributed by atoms with van der Waals surface area (Å²) in [6, 6.07) is 16.0. The molecule has 3 N–H and O–H groups in total. The highest BCUT2D eigenvalue weighted by molar-refractivity contribution is 6.30. The van der Waals surface area contributed by atoms with Crippen LogP contribution >= 0.6 is 11.6 Å². The first-order chi connectivity index (χ1) is 14.1. The Morgan fingerprint density at radius 1 is 1.21 bits per heavy atom. The van der Waals surface area contributed by atoms with E-state index >= 15 is 0 Å². The van der Waals surface area contributed by atoms with Crippen LogP contribution in [0.25, 0.3) is 10.9 Å². The fraction of sp³-hybridized carbons (Fsp3) is 0.190. The third kappa shape index (κ3) is 5.50. The van der Waals surface area contributed by atoms with E-state index in [1.165, 1.54) is 0 Å². The van der Waals surface area contributed by atoms with Crippen LogP contribution in [-0.2, 0) is 0 Å². The van der Waals surface area contributed by atoms with Crippen molar-refractivity contribution in [1.82, 2.24) is 10.3 Å². The molecule has 3 rings (SSSR count). The Morgan fingerprint density at radius 3 is 2.83 bits per heavy atom. The molecule has 0 bridgehead atoms. The maximum absolute atomic E-state index is 11.9. The first-order valence-corrected chi connectivity index (χ1v) is 9.49. The number of aromatic nitrogens is 1. The van der Waals surface area contributed by atoms with E-state index in [1.807, 2.05) is 25.1 Å². The Labute approximate surface area is 173 Å². The molecule has 0 aliphatic heterocycles. The van der Waals surface area contributed by atoms with Gasteiger partial charge < -0.3 is 20.7 Å². The standard InChI is InChI=1S/C21H20ClN5O2/c1-2-29-18-6-7-19-14(11-18)10-15(13-23)20(27-19)24-8-9-25-21(28)26-17-5-3-4-16(22)12-17/h3-7,10-12H,2,8-9H2,1H3,(H,24,27)(H2,25,26,28). The average Bonchev–Trinajstić information content (AvgIpc) is 2.71. The third-order valence-electron chi connectivity index (χ3n) is 4.00. The van der Waals surface area contributed by atoms with Gasteiger partial charge in [0.1, 0.15) is 17.6 Å². The lowest BCUT2D eigenvalue weighted by Gasteiger charge is -2.11. The normalized spacial score (nSPS) is 10.2. The molecule has 2 aromatic carbocycles. The van der Waals surface area contributed by atoms with Crippen molar-refractivity contribution >= 4 is 40.0 Å². The fourth-order valence-electron chi connectivity index (χ4n) is 2.73. The van der Waals surface area contributed by atoms with Gasteiger partial charge in [-0.3, -0.25) is 0 Å². The zero-order valence-corrected chi connectivity index (χ0v) is 16.6. The zero-order valence-electron chi connectivity index (χ0n) is 15.8. The van der Waals surface area contributed by atoms with Crippen molar-refractivity contribution in [3.8, 4) is 11.8 Å². The molecule has 29 heavy (non-hydrogen) atoms. The summed E-state index contributed by atoms with van der Waals surface area (Å²) >= 11 is 5.90. The topological polar surface area (TPSA) is 99.1 Å². The van der Waals surface area contributed by atoms with Crippen LogP contribution in [0.3, 0.4) is 0 Å². The Kier molecular flexibility index (Phi) is 6.72. The minimum atomic E-state index is -0.343. The molecule has 0 saturated carbocycles. The van der Waals surface area contributed by atoms with E-state index in [0.717, 1.165) is 16.7 Å². The van der Waals surface area contributed by atoms with Crippen LogP contribution < -0.4 is 20.7 Å². The molecule has 0 aliphatic rings. The van der Waals surface area contributed by atoms with Gasteiger partial charge in [0.05, 0.1) is 17.7 Å². The van der Waals surface area contributed by atoms with E-state index in [0.29, 0.717) is 41.8 Å². The lowest BCUT2D eigenvalue weighted by atomic mass is 10.1. The Hall–Kier alpha value is -3.50. The SMILES string of the molecule is CCOc1ccc2nc(NCCNC(=O)Nc3cccc(Cl)c3)c(C#N)cc2c1.